The minimum Gasteiger partial charge on any atom is -0.494 e. The first-order valence-electron chi connectivity index (χ1n) is 10.4. The van der Waals surface area contributed by atoms with Gasteiger partial charge in [-0.05, 0) is 25.5 Å². The molecule has 1 fully saturated rings. The van der Waals surface area contributed by atoms with E-state index in [0.29, 0.717) is 44.2 Å². The van der Waals surface area contributed by atoms with E-state index in [1.54, 1.807) is 38.3 Å². The quantitative estimate of drug-likeness (QED) is 0.762. The molecule has 31 heavy (non-hydrogen) atoms. The van der Waals surface area contributed by atoms with Crippen molar-refractivity contribution in [2.24, 2.45) is 0 Å². The van der Waals surface area contributed by atoms with Gasteiger partial charge in [-0.15, -0.1) is 0 Å². The third-order valence-electron chi connectivity index (χ3n) is 5.64. The Hall–Kier alpha value is -3.13. The summed E-state index contributed by atoms with van der Waals surface area (Å²) in [6, 6.07) is 9.68. The Morgan fingerprint density at radius 3 is 2.55 bits per heavy atom. The van der Waals surface area contributed by atoms with E-state index in [0.717, 1.165) is 11.3 Å². The van der Waals surface area contributed by atoms with Crippen molar-refractivity contribution in [2.75, 3.05) is 31.6 Å². The molecule has 0 spiro atoms. The highest BCUT2D eigenvalue weighted by molar-refractivity contribution is 5.72. The van der Waals surface area contributed by atoms with Crippen LogP contribution in [0.4, 0.5) is 10.7 Å². The number of benzene rings is 1. The molecule has 0 saturated carbocycles. The average Bonchev–Trinajstić information content (AvgIpc) is 3.23. The average molecular weight is 425 g/mol. The van der Waals surface area contributed by atoms with E-state index in [2.05, 4.69) is 9.97 Å². The topological polar surface area (TPSA) is 88.0 Å². The van der Waals surface area contributed by atoms with Gasteiger partial charge in [0.05, 0.1) is 31.6 Å². The smallest absolute Gasteiger partial charge is 0.414 e. The van der Waals surface area contributed by atoms with Crippen LogP contribution >= 0.6 is 0 Å². The van der Waals surface area contributed by atoms with Gasteiger partial charge in [0, 0.05) is 31.6 Å². The first-order chi connectivity index (χ1) is 14.8. The van der Waals surface area contributed by atoms with E-state index in [1.807, 2.05) is 41.3 Å². The van der Waals surface area contributed by atoms with Gasteiger partial charge in [0.1, 0.15) is 5.60 Å². The Balaban J connectivity index is 1.48. The van der Waals surface area contributed by atoms with Crippen LogP contribution < -0.4 is 9.64 Å². The van der Waals surface area contributed by atoms with Gasteiger partial charge in [0.25, 0.3) is 0 Å². The standard InChI is InChI=1S/C23H28N4O4/c1-22(2,29)16-23(17-7-5-4-6-8-17)10-12-27(21(28)31-23)18-9-11-26(15-18)20-24-13-19(30-3)14-25-20/h4-9,13-14,29H,10-12,15-16H2,1-3H3/t23-/m0/s1. The number of carbonyl (C=O) groups excluding carboxylic acids is 1. The Morgan fingerprint density at radius 2 is 1.94 bits per heavy atom. The third kappa shape index (κ3) is 4.49. The molecule has 1 aromatic carbocycles. The van der Waals surface area contributed by atoms with Crippen molar-refractivity contribution in [1.82, 2.24) is 14.9 Å². The fourth-order valence-corrected chi connectivity index (χ4v) is 4.25. The first kappa shape index (κ1) is 21.1. The highest BCUT2D eigenvalue weighted by Gasteiger charge is 2.46. The molecule has 8 heteroatoms. The molecule has 1 saturated heterocycles. The van der Waals surface area contributed by atoms with Crippen LogP contribution in [-0.4, -0.2) is 58.4 Å². The van der Waals surface area contributed by atoms with Gasteiger partial charge in [-0.3, -0.25) is 4.90 Å². The fraction of sp³-hybridized carbons (Fsp3) is 0.435. The molecule has 0 unspecified atom stereocenters. The van der Waals surface area contributed by atoms with Crippen molar-refractivity contribution in [3.05, 3.63) is 60.1 Å². The van der Waals surface area contributed by atoms with Gasteiger partial charge >= 0.3 is 6.09 Å². The number of aromatic nitrogens is 2. The number of carbonyl (C=O) groups is 1. The van der Waals surface area contributed by atoms with Gasteiger partial charge in [-0.1, -0.05) is 30.3 Å². The largest absolute Gasteiger partial charge is 0.494 e. The summed E-state index contributed by atoms with van der Waals surface area (Å²) >= 11 is 0. The lowest BCUT2D eigenvalue weighted by molar-refractivity contribution is -0.0918. The molecule has 1 amide bonds. The monoisotopic (exact) mass is 424 g/mol. The number of methoxy groups -OCH3 is 1. The zero-order chi connectivity index (χ0) is 22.1. The summed E-state index contributed by atoms with van der Waals surface area (Å²) in [5.74, 6) is 1.18. The van der Waals surface area contributed by atoms with Gasteiger partial charge < -0.3 is 19.5 Å². The van der Waals surface area contributed by atoms with Crippen LogP contribution in [0.15, 0.2) is 54.5 Å². The lowest BCUT2D eigenvalue weighted by Crippen LogP contribution is -2.50. The fourth-order valence-electron chi connectivity index (χ4n) is 4.25. The van der Waals surface area contributed by atoms with Crippen molar-refractivity contribution < 1.29 is 19.4 Å². The zero-order valence-corrected chi connectivity index (χ0v) is 18.1. The van der Waals surface area contributed by atoms with Crippen LogP contribution in [0.25, 0.3) is 0 Å². The van der Waals surface area contributed by atoms with E-state index in [4.69, 9.17) is 9.47 Å². The molecule has 3 heterocycles. The maximum atomic E-state index is 13.1. The summed E-state index contributed by atoms with van der Waals surface area (Å²) in [5.41, 5.74) is -0.0634. The molecule has 0 bridgehead atoms. The lowest BCUT2D eigenvalue weighted by atomic mass is 9.80. The number of aliphatic hydroxyl groups is 1. The Kier molecular flexibility index (Phi) is 5.58. The molecule has 2 aliphatic rings. The highest BCUT2D eigenvalue weighted by atomic mass is 16.6. The third-order valence-corrected chi connectivity index (χ3v) is 5.64. The molecule has 2 aromatic rings. The molecular weight excluding hydrogens is 396 g/mol. The normalized spacial score (nSPS) is 21.7. The van der Waals surface area contributed by atoms with E-state index in [-0.39, 0.29) is 0 Å². The number of cyclic esters (lactones) is 1. The van der Waals surface area contributed by atoms with Gasteiger partial charge in [0.15, 0.2) is 5.75 Å². The molecule has 4 rings (SSSR count). The summed E-state index contributed by atoms with van der Waals surface area (Å²) in [4.78, 5) is 25.4. The molecule has 1 N–H and O–H groups in total. The van der Waals surface area contributed by atoms with Crippen LogP contribution in [0.3, 0.4) is 0 Å². The van der Waals surface area contributed by atoms with Crippen molar-refractivity contribution in [1.29, 1.82) is 0 Å². The van der Waals surface area contributed by atoms with Crippen LogP contribution in [0.2, 0.25) is 0 Å². The van der Waals surface area contributed by atoms with E-state index < -0.39 is 17.3 Å². The SMILES string of the molecule is COc1cnc(N2CC=C(N3CC[C@](CC(C)(C)O)(c4ccccc4)OC3=O)C2)nc1. The number of anilines is 1. The Labute approximate surface area is 182 Å². The summed E-state index contributed by atoms with van der Waals surface area (Å²) in [5, 5.41) is 10.5. The molecule has 8 nitrogen and oxygen atoms in total. The van der Waals surface area contributed by atoms with E-state index in [1.165, 1.54) is 0 Å². The highest BCUT2D eigenvalue weighted by Crippen LogP contribution is 2.41. The van der Waals surface area contributed by atoms with Crippen molar-refractivity contribution in [3.8, 4) is 5.75 Å². The lowest BCUT2D eigenvalue weighted by Gasteiger charge is -2.44. The van der Waals surface area contributed by atoms with Crippen LogP contribution in [0.5, 0.6) is 5.75 Å². The van der Waals surface area contributed by atoms with Gasteiger partial charge in [0.2, 0.25) is 5.95 Å². The minimum absolute atomic E-state index is 0.328. The van der Waals surface area contributed by atoms with E-state index in [9.17, 15) is 9.90 Å². The van der Waals surface area contributed by atoms with Crippen LogP contribution in [0.1, 0.15) is 32.3 Å². The van der Waals surface area contributed by atoms with Gasteiger partial charge in [-0.25, -0.2) is 14.8 Å². The molecule has 0 radical (unpaired) electrons. The van der Waals surface area contributed by atoms with Gasteiger partial charge in [-0.2, -0.15) is 0 Å². The Morgan fingerprint density at radius 1 is 1.23 bits per heavy atom. The first-order valence-corrected chi connectivity index (χ1v) is 10.4. The summed E-state index contributed by atoms with van der Waals surface area (Å²) in [6.45, 7) is 5.12. The number of hydrogen-bond acceptors (Lipinski definition) is 7. The number of rotatable bonds is 6. The summed E-state index contributed by atoms with van der Waals surface area (Å²) in [7, 11) is 1.57. The second-order valence-corrected chi connectivity index (χ2v) is 8.62. The number of amides is 1. The molecular formula is C23H28N4O4. The predicted molar refractivity (Wildman–Crippen MR) is 116 cm³/mol. The Bertz CT molecular complexity index is 956. The second-order valence-electron chi connectivity index (χ2n) is 8.62. The van der Waals surface area contributed by atoms with Crippen molar-refractivity contribution in [3.63, 3.8) is 0 Å². The van der Waals surface area contributed by atoms with Crippen molar-refractivity contribution in [2.45, 2.75) is 37.9 Å². The maximum Gasteiger partial charge on any atom is 0.414 e. The number of nitrogens with zero attached hydrogens (tertiary/aromatic N) is 4. The van der Waals surface area contributed by atoms with Crippen molar-refractivity contribution >= 4 is 12.0 Å². The number of hydrogen-bond donors (Lipinski definition) is 1. The minimum atomic E-state index is -0.979. The summed E-state index contributed by atoms with van der Waals surface area (Å²) in [6.07, 6.45) is 5.77. The zero-order valence-electron chi connectivity index (χ0n) is 18.1. The van der Waals surface area contributed by atoms with E-state index >= 15 is 0 Å². The number of ether oxygens (including phenoxy) is 2. The maximum absolute atomic E-state index is 13.1. The van der Waals surface area contributed by atoms with Crippen LogP contribution in [0, 0.1) is 0 Å². The second kappa shape index (κ2) is 8.19. The molecule has 1 aromatic heterocycles. The molecule has 2 aliphatic heterocycles. The molecule has 164 valence electrons. The molecule has 0 aliphatic carbocycles. The van der Waals surface area contributed by atoms with Crippen LogP contribution in [-0.2, 0) is 10.3 Å². The summed E-state index contributed by atoms with van der Waals surface area (Å²) < 4.78 is 11.2. The predicted octanol–water partition coefficient (Wildman–Crippen LogP) is 3.09. The molecule has 1 atom stereocenters.